The Kier molecular flexibility index (Phi) is 22.9. The number of amides is 4. The van der Waals surface area contributed by atoms with Crippen LogP contribution in [0.3, 0.4) is 0 Å². The SMILES string of the molecule is CC(C)(C)SSCC(NC(=O)CCC(=O)NCCCCC(C(=O)O)N(CC(=O)O)CC(=O)O)C(=O)NCCCCCCNC(=O)c1ccc(C(=O)c2ccccc2)cc1. The zero-order valence-corrected chi connectivity index (χ0v) is 35.5. The van der Waals surface area contributed by atoms with Gasteiger partial charge in [-0.2, -0.15) is 0 Å². The van der Waals surface area contributed by atoms with E-state index in [-0.39, 0.29) is 54.6 Å². The zero-order valence-electron chi connectivity index (χ0n) is 33.8. The van der Waals surface area contributed by atoms with Crippen molar-refractivity contribution in [2.24, 2.45) is 0 Å². The Morgan fingerprint density at radius 3 is 1.75 bits per heavy atom. The summed E-state index contributed by atoms with van der Waals surface area (Å²) in [6, 6.07) is 13.3. The van der Waals surface area contributed by atoms with Gasteiger partial charge in [0.25, 0.3) is 5.91 Å². The van der Waals surface area contributed by atoms with Crippen LogP contribution in [0.4, 0.5) is 0 Å². The third-order valence-electron chi connectivity index (χ3n) is 8.54. The summed E-state index contributed by atoms with van der Waals surface area (Å²) in [5.74, 6) is -5.31. The number of carbonyl (C=O) groups is 8. The summed E-state index contributed by atoms with van der Waals surface area (Å²) in [5.41, 5.74) is 1.54. The van der Waals surface area contributed by atoms with E-state index in [0.29, 0.717) is 48.4 Å². The van der Waals surface area contributed by atoms with E-state index in [1.165, 1.54) is 10.8 Å². The van der Waals surface area contributed by atoms with Crippen LogP contribution < -0.4 is 21.3 Å². The van der Waals surface area contributed by atoms with Gasteiger partial charge >= 0.3 is 17.9 Å². The van der Waals surface area contributed by atoms with E-state index in [1.807, 2.05) is 26.8 Å². The summed E-state index contributed by atoms with van der Waals surface area (Å²) < 4.78 is -0.0777. The monoisotopic (exact) mass is 859 g/mol. The first-order chi connectivity index (χ1) is 28.0. The van der Waals surface area contributed by atoms with Crippen molar-refractivity contribution < 1.29 is 53.7 Å². The highest BCUT2D eigenvalue weighted by Gasteiger charge is 2.29. The van der Waals surface area contributed by atoms with Crippen LogP contribution in [-0.4, -0.2) is 123 Å². The molecular weight excluding hydrogens is 803 g/mol. The summed E-state index contributed by atoms with van der Waals surface area (Å²) in [6.45, 7) is 5.65. The average Bonchev–Trinajstić information content (AvgIpc) is 3.17. The number of hydrogen-bond donors (Lipinski definition) is 7. The van der Waals surface area contributed by atoms with Gasteiger partial charge in [-0.05, 0) is 44.2 Å². The molecule has 0 heterocycles. The zero-order chi connectivity index (χ0) is 43.8. The number of carboxylic acid groups (broad SMARTS) is 3. The van der Waals surface area contributed by atoms with Crippen molar-refractivity contribution >= 4 is 68.9 Å². The number of carbonyl (C=O) groups excluding carboxylic acids is 5. The van der Waals surface area contributed by atoms with Crippen LogP contribution in [0, 0.1) is 0 Å². The molecule has 59 heavy (non-hydrogen) atoms. The lowest BCUT2D eigenvalue weighted by molar-refractivity contribution is -0.149. The Labute approximate surface area is 352 Å². The number of hydrogen-bond acceptors (Lipinski definition) is 11. The molecule has 2 aromatic carbocycles. The van der Waals surface area contributed by atoms with Crippen molar-refractivity contribution in [2.75, 3.05) is 38.5 Å². The summed E-state index contributed by atoms with van der Waals surface area (Å²) >= 11 is 0. The summed E-state index contributed by atoms with van der Waals surface area (Å²) in [7, 11) is 3.04. The van der Waals surface area contributed by atoms with Crippen LogP contribution in [0.15, 0.2) is 54.6 Å². The molecule has 0 aromatic heterocycles. The van der Waals surface area contributed by atoms with E-state index in [0.717, 1.165) is 24.2 Å². The van der Waals surface area contributed by atoms with Gasteiger partial charge in [0, 0.05) is 59.7 Å². The number of aliphatic carboxylic acids is 3. The van der Waals surface area contributed by atoms with Gasteiger partial charge < -0.3 is 36.6 Å². The number of benzene rings is 2. The van der Waals surface area contributed by atoms with Gasteiger partial charge in [0.05, 0.1) is 13.1 Å². The summed E-state index contributed by atoms with van der Waals surface area (Å²) in [4.78, 5) is 98.2. The highest BCUT2D eigenvalue weighted by Crippen LogP contribution is 2.35. The van der Waals surface area contributed by atoms with Crippen molar-refractivity contribution in [2.45, 2.75) is 95.4 Å². The molecule has 324 valence electrons. The molecule has 18 heteroatoms. The lowest BCUT2D eigenvalue weighted by atomic mass is 10.0. The van der Waals surface area contributed by atoms with Crippen molar-refractivity contribution in [1.29, 1.82) is 0 Å². The predicted octanol–water partition coefficient (Wildman–Crippen LogP) is 3.98. The fourth-order valence-electron chi connectivity index (χ4n) is 5.59. The van der Waals surface area contributed by atoms with E-state index in [4.69, 9.17) is 10.2 Å². The molecular formula is C41H57N5O11S2. The number of nitrogens with zero attached hydrogens (tertiary/aromatic N) is 1. The Morgan fingerprint density at radius 2 is 1.17 bits per heavy atom. The van der Waals surface area contributed by atoms with Crippen LogP contribution >= 0.6 is 21.6 Å². The van der Waals surface area contributed by atoms with Gasteiger partial charge in [-0.1, -0.05) is 97.7 Å². The molecule has 0 radical (unpaired) electrons. The predicted molar refractivity (Wildman–Crippen MR) is 226 cm³/mol. The molecule has 2 atom stereocenters. The lowest BCUT2D eigenvalue weighted by Crippen LogP contribution is -2.48. The number of rotatable bonds is 29. The van der Waals surface area contributed by atoms with Crippen molar-refractivity contribution in [3.63, 3.8) is 0 Å². The normalized spacial score (nSPS) is 12.2. The van der Waals surface area contributed by atoms with E-state index in [1.54, 1.807) is 59.3 Å². The fraction of sp³-hybridized carbons (Fsp3) is 0.512. The molecule has 0 aliphatic heterocycles. The van der Waals surface area contributed by atoms with Crippen molar-refractivity contribution in [3.8, 4) is 0 Å². The van der Waals surface area contributed by atoms with Crippen LogP contribution in [0.2, 0.25) is 0 Å². The largest absolute Gasteiger partial charge is 0.480 e. The Morgan fingerprint density at radius 1 is 0.644 bits per heavy atom. The second-order valence-corrected chi connectivity index (χ2v) is 17.9. The maximum absolute atomic E-state index is 13.1. The molecule has 0 fully saturated rings. The van der Waals surface area contributed by atoms with Gasteiger partial charge in [-0.15, -0.1) is 0 Å². The first-order valence-electron chi connectivity index (χ1n) is 19.5. The molecule has 2 unspecified atom stereocenters. The molecule has 16 nitrogen and oxygen atoms in total. The van der Waals surface area contributed by atoms with E-state index in [9.17, 15) is 43.5 Å². The Hall–Kier alpha value is -4.94. The van der Waals surface area contributed by atoms with Crippen molar-refractivity contribution in [1.82, 2.24) is 26.2 Å². The Balaban J connectivity index is 1.70. The molecule has 4 amide bonds. The highest BCUT2D eigenvalue weighted by atomic mass is 33.1. The molecule has 0 aliphatic carbocycles. The van der Waals surface area contributed by atoms with Gasteiger partial charge in [0.1, 0.15) is 12.1 Å². The van der Waals surface area contributed by atoms with Crippen molar-refractivity contribution in [3.05, 3.63) is 71.3 Å². The van der Waals surface area contributed by atoms with Crippen LogP contribution in [-0.2, 0) is 28.8 Å². The van der Waals surface area contributed by atoms with Crippen LogP contribution in [0.25, 0.3) is 0 Å². The Bertz CT molecular complexity index is 1690. The molecule has 0 spiro atoms. The number of carboxylic acids is 3. The summed E-state index contributed by atoms with van der Waals surface area (Å²) in [6.07, 6.45) is 3.34. The lowest BCUT2D eigenvalue weighted by Gasteiger charge is -2.25. The average molecular weight is 860 g/mol. The second kappa shape index (κ2) is 26.9. The highest BCUT2D eigenvalue weighted by molar-refractivity contribution is 8.77. The van der Waals surface area contributed by atoms with Gasteiger partial charge in [0.15, 0.2) is 5.78 Å². The van der Waals surface area contributed by atoms with E-state index >= 15 is 0 Å². The summed E-state index contributed by atoms with van der Waals surface area (Å²) in [5, 5.41) is 38.7. The van der Waals surface area contributed by atoms with E-state index in [2.05, 4.69) is 21.3 Å². The third kappa shape index (κ3) is 21.6. The molecule has 0 bridgehead atoms. The minimum atomic E-state index is -1.35. The van der Waals surface area contributed by atoms with Gasteiger partial charge in [-0.3, -0.25) is 43.3 Å². The van der Waals surface area contributed by atoms with Gasteiger partial charge in [-0.25, -0.2) is 0 Å². The molecule has 0 aliphatic rings. The van der Waals surface area contributed by atoms with Crippen LogP contribution in [0.5, 0.6) is 0 Å². The molecule has 0 saturated carbocycles. The molecule has 7 N–H and O–H groups in total. The quantitative estimate of drug-likeness (QED) is 0.0348. The smallest absolute Gasteiger partial charge is 0.320 e. The van der Waals surface area contributed by atoms with E-state index < -0.39 is 54.9 Å². The standard InChI is InChI=1S/C41H57N5O11S2/c1-41(2,3)59-58-27-31(45-34(48)21-20-33(47)42-22-12-9-15-32(40(56)57)46(25-35(49)50)26-36(51)52)39(55)44-24-11-5-4-10-23-43-38(54)30-18-16-29(17-19-30)37(53)28-13-7-6-8-14-28/h6-8,13-14,16-19,31-32H,4-5,9-12,15,20-27H2,1-3H3,(H,42,47)(H,43,54)(H,44,55)(H,45,48)(H,49,50)(H,51,52)(H,56,57). The topological polar surface area (TPSA) is 249 Å². The minimum Gasteiger partial charge on any atom is -0.480 e. The minimum absolute atomic E-state index is 0.0264. The second-order valence-electron chi connectivity index (χ2n) is 14.7. The molecule has 0 saturated heterocycles. The number of nitrogens with one attached hydrogen (secondary N) is 4. The maximum Gasteiger partial charge on any atom is 0.320 e. The molecule has 2 aromatic rings. The fourth-order valence-corrected chi connectivity index (χ4v) is 8.06. The number of unbranched alkanes of at least 4 members (excludes halogenated alkanes) is 4. The van der Waals surface area contributed by atoms with Crippen LogP contribution in [0.1, 0.15) is 105 Å². The first-order valence-corrected chi connectivity index (χ1v) is 21.8. The maximum atomic E-state index is 13.1. The van der Waals surface area contributed by atoms with Gasteiger partial charge in [0.2, 0.25) is 17.7 Å². The number of ketones is 1. The third-order valence-corrected chi connectivity index (χ3v) is 11.9. The molecule has 2 rings (SSSR count). The first kappa shape index (κ1) is 50.2.